The number of nitrogens with one attached hydrogen (secondary N) is 1. The lowest BCUT2D eigenvalue weighted by Gasteiger charge is -2.22. The summed E-state index contributed by atoms with van der Waals surface area (Å²) in [5.41, 5.74) is 2.80. The summed E-state index contributed by atoms with van der Waals surface area (Å²) in [6.07, 6.45) is 0.519. The van der Waals surface area contributed by atoms with Gasteiger partial charge in [-0.05, 0) is 53.4 Å². The van der Waals surface area contributed by atoms with Crippen LogP contribution in [0.2, 0.25) is 0 Å². The first-order valence-electron chi connectivity index (χ1n) is 13.7. The number of carbonyl (C=O) groups is 2. The van der Waals surface area contributed by atoms with Crippen LogP contribution < -0.4 is 10.1 Å². The molecule has 1 N–H and O–H groups in total. The number of hydrogen-bond donors (Lipinski definition) is 1. The molecule has 1 aliphatic rings. The van der Waals surface area contributed by atoms with Crippen LogP contribution in [0.15, 0.2) is 107 Å². The van der Waals surface area contributed by atoms with E-state index in [2.05, 4.69) is 15.5 Å². The Morgan fingerprint density at radius 1 is 1.00 bits per heavy atom. The fourth-order valence-corrected chi connectivity index (χ4v) is 6.42. The van der Waals surface area contributed by atoms with E-state index in [0.717, 1.165) is 16.2 Å². The molecule has 0 aliphatic carbocycles. The number of carbonyl (C=O) groups excluding carboxylic acids is 2. The number of thiophene rings is 1. The van der Waals surface area contributed by atoms with Gasteiger partial charge in [0.15, 0.2) is 11.0 Å². The van der Waals surface area contributed by atoms with Gasteiger partial charge in [-0.1, -0.05) is 60.3 Å². The summed E-state index contributed by atoms with van der Waals surface area (Å²) in [7, 11) is 1.57. The third kappa shape index (κ3) is 6.26. The van der Waals surface area contributed by atoms with Crippen molar-refractivity contribution < 1.29 is 18.7 Å². The van der Waals surface area contributed by atoms with Gasteiger partial charge in [-0.3, -0.25) is 14.2 Å². The number of hydrogen-bond acceptors (Lipinski definition) is 8. The summed E-state index contributed by atoms with van der Waals surface area (Å²) < 4.78 is 21.1. The molecular weight excluding hydrogens is 600 g/mol. The quantitative estimate of drug-likeness (QED) is 0.195. The zero-order valence-corrected chi connectivity index (χ0v) is 25.2. The highest BCUT2D eigenvalue weighted by molar-refractivity contribution is 7.99. The van der Waals surface area contributed by atoms with Crippen LogP contribution in [0.3, 0.4) is 0 Å². The van der Waals surface area contributed by atoms with Crippen LogP contribution in [-0.2, 0) is 11.3 Å². The number of ether oxygens (including phenoxy) is 1. The fraction of sp³-hybridized carbons (Fsp3) is 0.156. The van der Waals surface area contributed by atoms with Gasteiger partial charge in [0.1, 0.15) is 11.6 Å². The second kappa shape index (κ2) is 13.2. The van der Waals surface area contributed by atoms with E-state index in [1.54, 1.807) is 59.4 Å². The smallest absolute Gasteiger partial charge is 0.253 e. The number of para-hydroxylation sites is 2. The second-order valence-corrected chi connectivity index (χ2v) is 11.7. The van der Waals surface area contributed by atoms with E-state index in [0.29, 0.717) is 34.4 Å². The van der Waals surface area contributed by atoms with E-state index in [1.165, 1.54) is 28.9 Å². The highest BCUT2D eigenvalue weighted by atomic mass is 32.2. The lowest BCUT2D eigenvalue weighted by molar-refractivity contribution is -0.130. The van der Waals surface area contributed by atoms with Crippen LogP contribution in [0, 0.1) is 5.82 Å². The summed E-state index contributed by atoms with van der Waals surface area (Å²) in [6, 6.07) is 26.0. The van der Waals surface area contributed by atoms with E-state index in [1.807, 2.05) is 47.8 Å². The zero-order valence-electron chi connectivity index (χ0n) is 23.6. The molecule has 5 aromatic rings. The Kier molecular flexibility index (Phi) is 8.80. The average Bonchev–Trinajstić information content (AvgIpc) is 3.83. The van der Waals surface area contributed by atoms with Crippen molar-refractivity contribution in [1.29, 1.82) is 0 Å². The Bertz CT molecular complexity index is 1790. The molecule has 3 heterocycles. The van der Waals surface area contributed by atoms with Crippen molar-refractivity contribution in [2.75, 3.05) is 12.9 Å². The number of methoxy groups -OCH3 is 1. The monoisotopic (exact) mass is 626 g/mol. The number of halogens is 1. The number of nitrogens with zero attached hydrogens (tertiary/aromatic N) is 5. The molecule has 44 heavy (non-hydrogen) atoms. The van der Waals surface area contributed by atoms with Gasteiger partial charge >= 0.3 is 0 Å². The molecular formula is C32H27FN6O3S2. The van der Waals surface area contributed by atoms with Crippen molar-refractivity contribution in [2.24, 2.45) is 5.10 Å². The third-order valence-electron chi connectivity index (χ3n) is 7.02. The van der Waals surface area contributed by atoms with Crippen molar-refractivity contribution in [2.45, 2.75) is 24.2 Å². The molecule has 1 aliphatic heterocycles. The fourth-order valence-electron chi connectivity index (χ4n) is 4.88. The van der Waals surface area contributed by atoms with Crippen molar-refractivity contribution >= 4 is 40.6 Å². The van der Waals surface area contributed by atoms with Crippen LogP contribution >= 0.6 is 23.1 Å². The molecule has 2 aromatic heterocycles. The van der Waals surface area contributed by atoms with Crippen LogP contribution in [0.25, 0.3) is 5.69 Å². The van der Waals surface area contributed by atoms with Crippen LogP contribution in [0.4, 0.5) is 4.39 Å². The molecule has 0 saturated heterocycles. The maximum atomic E-state index is 13.7. The highest BCUT2D eigenvalue weighted by Crippen LogP contribution is 2.35. The minimum absolute atomic E-state index is 0.0164. The van der Waals surface area contributed by atoms with Gasteiger partial charge in [-0.2, -0.15) is 5.10 Å². The maximum absolute atomic E-state index is 13.7. The van der Waals surface area contributed by atoms with Gasteiger partial charge in [-0.25, -0.2) is 9.40 Å². The van der Waals surface area contributed by atoms with Crippen molar-refractivity contribution in [3.8, 4) is 11.4 Å². The lowest BCUT2D eigenvalue weighted by atomic mass is 10.0. The van der Waals surface area contributed by atoms with Crippen molar-refractivity contribution in [3.05, 3.63) is 124 Å². The van der Waals surface area contributed by atoms with E-state index in [9.17, 15) is 14.0 Å². The standard InChI is InChI=1S/C32H27FN6O3S2/c1-42-27-11-6-5-10-25(27)38-29(19-34-31(41)22-8-3-2-4-9-22)35-36-32(38)44-20-30(40)39-26(21-13-15-23(33)16-14-21)18-24(37-39)28-12-7-17-43-28/h2-17,26H,18-20H2,1H3,(H,34,41). The summed E-state index contributed by atoms with van der Waals surface area (Å²) in [4.78, 5) is 27.5. The van der Waals surface area contributed by atoms with Gasteiger partial charge in [0.25, 0.3) is 11.8 Å². The topological polar surface area (TPSA) is 102 Å². The number of thioether (sulfide) groups is 1. The first-order valence-corrected chi connectivity index (χ1v) is 15.6. The minimum atomic E-state index is -0.364. The van der Waals surface area contributed by atoms with Crippen molar-refractivity contribution in [3.63, 3.8) is 0 Å². The molecule has 3 aromatic carbocycles. The number of benzene rings is 3. The molecule has 1 unspecified atom stereocenters. The molecule has 0 fully saturated rings. The Labute approximate surface area is 261 Å². The first-order chi connectivity index (χ1) is 21.5. The number of hydrazone groups is 1. The van der Waals surface area contributed by atoms with Gasteiger partial charge in [0, 0.05) is 12.0 Å². The molecule has 12 heteroatoms. The number of amides is 2. The molecule has 0 spiro atoms. The van der Waals surface area contributed by atoms with Crippen molar-refractivity contribution in [1.82, 2.24) is 25.1 Å². The summed E-state index contributed by atoms with van der Waals surface area (Å²) >= 11 is 2.77. The summed E-state index contributed by atoms with van der Waals surface area (Å²) in [5, 5.41) is 20.3. The molecule has 0 saturated carbocycles. The molecule has 6 rings (SSSR count). The second-order valence-electron chi connectivity index (χ2n) is 9.78. The largest absolute Gasteiger partial charge is 0.495 e. The van der Waals surface area contributed by atoms with E-state index < -0.39 is 0 Å². The van der Waals surface area contributed by atoms with Gasteiger partial charge < -0.3 is 10.1 Å². The normalized spacial score (nSPS) is 14.4. The Hall–Kier alpha value is -4.81. The summed E-state index contributed by atoms with van der Waals surface area (Å²) in [6.45, 7) is 0.0977. The highest BCUT2D eigenvalue weighted by Gasteiger charge is 2.34. The number of aromatic nitrogens is 3. The van der Waals surface area contributed by atoms with Gasteiger partial charge in [0.05, 0.1) is 41.7 Å². The van der Waals surface area contributed by atoms with Crippen LogP contribution in [-0.4, -0.2) is 50.2 Å². The SMILES string of the molecule is COc1ccccc1-n1c(CNC(=O)c2ccccc2)nnc1SCC(=O)N1N=C(c2cccs2)CC1c1ccc(F)cc1. The Morgan fingerprint density at radius 2 is 1.77 bits per heavy atom. The van der Waals surface area contributed by atoms with Crippen LogP contribution in [0.1, 0.15) is 39.1 Å². The molecule has 9 nitrogen and oxygen atoms in total. The molecule has 1 atom stereocenters. The van der Waals surface area contributed by atoms with E-state index in [-0.39, 0.29) is 36.0 Å². The first kappa shape index (κ1) is 29.3. The molecule has 2 amide bonds. The number of rotatable bonds is 10. The predicted octanol–water partition coefficient (Wildman–Crippen LogP) is 5.88. The summed E-state index contributed by atoms with van der Waals surface area (Å²) in [5.74, 6) is 0.248. The maximum Gasteiger partial charge on any atom is 0.253 e. The van der Waals surface area contributed by atoms with Gasteiger partial charge in [-0.15, -0.1) is 21.5 Å². The van der Waals surface area contributed by atoms with E-state index >= 15 is 0 Å². The molecule has 222 valence electrons. The third-order valence-corrected chi connectivity index (χ3v) is 8.85. The van der Waals surface area contributed by atoms with Gasteiger partial charge in [0.2, 0.25) is 0 Å². The average molecular weight is 627 g/mol. The molecule has 0 radical (unpaired) electrons. The Balaban J connectivity index is 1.26. The predicted molar refractivity (Wildman–Crippen MR) is 168 cm³/mol. The van der Waals surface area contributed by atoms with Crippen LogP contribution in [0.5, 0.6) is 5.75 Å². The Morgan fingerprint density at radius 3 is 2.52 bits per heavy atom. The minimum Gasteiger partial charge on any atom is -0.495 e. The lowest BCUT2D eigenvalue weighted by Crippen LogP contribution is -2.28. The van der Waals surface area contributed by atoms with E-state index in [4.69, 9.17) is 9.84 Å². The molecule has 0 bridgehead atoms. The zero-order chi connectivity index (χ0) is 30.5.